The summed E-state index contributed by atoms with van der Waals surface area (Å²) in [6.07, 6.45) is 1.50. The Morgan fingerprint density at radius 1 is 1.00 bits per heavy atom. The summed E-state index contributed by atoms with van der Waals surface area (Å²) in [5.74, 6) is -2.23. The van der Waals surface area contributed by atoms with E-state index in [1.165, 1.54) is 21.1 Å². The zero-order valence-electron chi connectivity index (χ0n) is 11.9. The molecule has 0 aliphatic heterocycles. The van der Waals surface area contributed by atoms with Crippen LogP contribution in [0.3, 0.4) is 0 Å². The van der Waals surface area contributed by atoms with E-state index in [4.69, 9.17) is 19.1 Å². The first-order valence-corrected chi connectivity index (χ1v) is 6.11. The molecule has 0 aliphatic rings. The Hall–Kier alpha value is -1.18. The van der Waals surface area contributed by atoms with E-state index in [9.17, 15) is 9.59 Å². The smallest absolute Gasteiger partial charge is 0.342 e. The Morgan fingerprint density at radius 2 is 1.53 bits per heavy atom. The molecule has 0 bridgehead atoms. The highest BCUT2D eigenvalue weighted by Gasteiger charge is 2.27. The van der Waals surface area contributed by atoms with Gasteiger partial charge in [-0.2, -0.15) is 0 Å². The number of hydrogen-bond acceptors (Lipinski definition) is 7. The van der Waals surface area contributed by atoms with Crippen LogP contribution in [0.4, 0.5) is 0 Å². The van der Waals surface area contributed by atoms with Gasteiger partial charge in [-0.3, -0.25) is 9.68 Å². The van der Waals surface area contributed by atoms with Crippen LogP contribution >= 0.6 is 0 Å². The zero-order valence-corrected chi connectivity index (χ0v) is 11.9. The molecule has 0 unspecified atom stereocenters. The maximum absolute atomic E-state index is 11.3. The minimum Gasteiger partial charge on any atom is -0.466 e. The lowest BCUT2D eigenvalue weighted by Gasteiger charge is -2.23. The average Bonchev–Trinajstić information content (AvgIpc) is 2.41. The first-order chi connectivity index (χ1) is 8.97. The molecule has 19 heavy (non-hydrogen) atoms. The normalized spacial score (nSPS) is 11.2. The van der Waals surface area contributed by atoms with Crippen molar-refractivity contribution < 1.29 is 33.6 Å². The third kappa shape index (κ3) is 8.52. The first-order valence-electron chi connectivity index (χ1n) is 6.11. The molecule has 0 spiro atoms. The summed E-state index contributed by atoms with van der Waals surface area (Å²) in [4.78, 5) is 31.6. The van der Waals surface area contributed by atoms with E-state index in [1.807, 2.05) is 0 Å². The highest BCUT2D eigenvalue weighted by molar-refractivity contribution is 5.70. The van der Waals surface area contributed by atoms with Gasteiger partial charge < -0.3 is 14.2 Å². The quantitative estimate of drug-likeness (QED) is 0.197. The number of esters is 1. The predicted octanol–water partition coefficient (Wildman–Crippen LogP) is 1.55. The van der Waals surface area contributed by atoms with Crippen molar-refractivity contribution in [2.24, 2.45) is 0 Å². The van der Waals surface area contributed by atoms with Gasteiger partial charge in [0.25, 0.3) is 0 Å². The summed E-state index contributed by atoms with van der Waals surface area (Å²) in [7, 11) is 2.72. The van der Waals surface area contributed by atoms with Gasteiger partial charge in [0, 0.05) is 34.0 Å². The predicted molar refractivity (Wildman–Crippen MR) is 64.7 cm³/mol. The van der Waals surface area contributed by atoms with Crippen LogP contribution < -0.4 is 0 Å². The molecule has 0 fully saturated rings. The van der Waals surface area contributed by atoms with Crippen LogP contribution in [-0.2, 0) is 33.6 Å². The highest BCUT2D eigenvalue weighted by atomic mass is 17.3. The molecule has 0 saturated carbocycles. The van der Waals surface area contributed by atoms with Gasteiger partial charge in [-0.05, 0) is 19.8 Å². The monoisotopic (exact) mass is 278 g/mol. The highest BCUT2D eigenvalue weighted by Crippen LogP contribution is 2.13. The Labute approximate surface area is 113 Å². The summed E-state index contributed by atoms with van der Waals surface area (Å²) in [5.41, 5.74) is 0. The molecule has 7 nitrogen and oxygen atoms in total. The molecule has 0 rings (SSSR count). The lowest BCUT2D eigenvalue weighted by molar-refractivity contribution is -0.471. The molecule has 0 N–H and O–H groups in total. The van der Waals surface area contributed by atoms with Gasteiger partial charge in [0.1, 0.15) is 0 Å². The van der Waals surface area contributed by atoms with Crippen LogP contribution in [0.5, 0.6) is 0 Å². The minimum atomic E-state index is -1.42. The molecule has 0 radical (unpaired) electrons. The SMILES string of the molecule is CCOC(=O)CCCCC(=O)OOC(C)(OC)OC. The van der Waals surface area contributed by atoms with Crippen LogP contribution in [0.2, 0.25) is 0 Å². The van der Waals surface area contributed by atoms with Gasteiger partial charge in [-0.15, -0.1) is 4.89 Å². The summed E-state index contributed by atoms with van der Waals surface area (Å²) in [6.45, 7) is 3.57. The molecule has 0 amide bonds. The number of carbonyl (C=O) groups is 2. The lowest BCUT2D eigenvalue weighted by Crippen LogP contribution is -2.34. The number of ether oxygens (including phenoxy) is 3. The van der Waals surface area contributed by atoms with Crippen molar-refractivity contribution >= 4 is 11.9 Å². The Balaban J connectivity index is 3.68. The lowest BCUT2D eigenvalue weighted by atomic mass is 10.2. The molecule has 0 aromatic rings. The summed E-state index contributed by atoms with van der Waals surface area (Å²) in [5, 5.41) is 0. The molecule has 0 heterocycles. The van der Waals surface area contributed by atoms with E-state index in [2.05, 4.69) is 4.89 Å². The van der Waals surface area contributed by atoms with E-state index >= 15 is 0 Å². The molecule has 7 heteroatoms. The minimum absolute atomic E-state index is 0.142. The van der Waals surface area contributed by atoms with Crippen LogP contribution in [-0.4, -0.2) is 38.7 Å². The van der Waals surface area contributed by atoms with Gasteiger partial charge in [-0.1, -0.05) is 0 Å². The Bertz CT molecular complexity index is 273. The zero-order chi connectivity index (χ0) is 14.7. The standard InChI is InChI=1S/C12H22O7/c1-5-17-10(13)8-6-7-9-11(14)18-19-12(2,15-3)16-4/h5-9H2,1-4H3. The Kier molecular flexibility index (Phi) is 9.11. The van der Waals surface area contributed by atoms with Crippen LogP contribution in [0.25, 0.3) is 0 Å². The molecular formula is C12H22O7. The fourth-order valence-corrected chi connectivity index (χ4v) is 1.09. The molecule has 0 aromatic carbocycles. The van der Waals surface area contributed by atoms with E-state index < -0.39 is 11.9 Å². The molecule has 0 atom stereocenters. The number of hydrogen-bond donors (Lipinski definition) is 0. The van der Waals surface area contributed by atoms with E-state index in [-0.39, 0.29) is 18.8 Å². The summed E-state index contributed by atoms with van der Waals surface area (Å²) in [6, 6.07) is 0. The van der Waals surface area contributed by atoms with Gasteiger partial charge >= 0.3 is 17.9 Å². The fourth-order valence-electron chi connectivity index (χ4n) is 1.09. The average molecular weight is 278 g/mol. The van der Waals surface area contributed by atoms with Gasteiger partial charge in [-0.25, -0.2) is 4.79 Å². The van der Waals surface area contributed by atoms with E-state index in [0.29, 0.717) is 19.4 Å². The fraction of sp³-hybridized carbons (Fsp3) is 0.833. The molecule has 112 valence electrons. The van der Waals surface area contributed by atoms with Crippen molar-refractivity contribution in [2.75, 3.05) is 20.8 Å². The second kappa shape index (κ2) is 9.71. The second-order valence-electron chi connectivity index (χ2n) is 3.82. The molecule has 0 aromatic heterocycles. The van der Waals surface area contributed by atoms with E-state index in [0.717, 1.165) is 0 Å². The van der Waals surface area contributed by atoms with Crippen molar-refractivity contribution in [1.29, 1.82) is 0 Å². The summed E-state index contributed by atoms with van der Waals surface area (Å²) >= 11 is 0. The van der Waals surface area contributed by atoms with E-state index in [1.54, 1.807) is 6.92 Å². The van der Waals surface area contributed by atoms with Crippen molar-refractivity contribution in [3.05, 3.63) is 0 Å². The number of carbonyl (C=O) groups excluding carboxylic acids is 2. The molecule has 0 saturated heterocycles. The van der Waals surface area contributed by atoms with Gasteiger partial charge in [0.05, 0.1) is 6.61 Å². The second-order valence-corrected chi connectivity index (χ2v) is 3.82. The number of unbranched alkanes of at least 4 members (excludes halogenated alkanes) is 1. The molecular weight excluding hydrogens is 256 g/mol. The maximum atomic E-state index is 11.3. The van der Waals surface area contributed by atoms with Crippen molar-refractivity contribution in [1.82, 2.24) is 0 Å². The third-order valence-corrected chi connectivity index (χ3v) is 2.34. The van der Waals surface area contributed by atoms with Crippen LogP contribution in [0.1, 0.15) is 39.5 Å². The first kappa shape index (κ1) is 17.8. The van der Waals surface area contributed by atoms with Crippen molar-refractivity contribution in [3.8, 4) is 0 Å². The number of methoxy groups -OCH3 is 2. The van der Waals surface area contributed by atoms with Crippen LogP contribution in [0, 0.1) is 0 Å². The van der Waals surface area contributed by atoms with Crippen molar-refractivity contribution in [2.45, 2.75) is 45.5 Å². The van der Waals surface area contributed by atoms with Crippen molar-refractivity contribution in [3.63, 3.8) is 0 Å². The molecule has 0 aliphatic carbocycles. The van der Waals surface area contributed by atoms with Gasteiger partial charge in [0.15, 0.2) is 0 Å². The summed E-state index contributed by atoms with van der Waals surface area (Å²) < 4.78 is 14.4. The maximum Gasteiger partial charge on any atom is 0.342 e. The topological polar surface area (TPSA) is 80.3 Å². The number of rotatable bonds is 10. The largest absolute Gasteiger partial charge is 0.466 e. The third-order valence-electron chi connectivity index (χ3n) is 2.34. The van der Waals surface area contributed by atoms with Crippen LogP contribution in [0.15, 0.2) is 0 Å². The Morgan fingerprint density at radius 3 is 2.00 bits per heavy atom. The van der Waals surface area contributed by atoms with Gasteiger partial charge in [0.2, 0.25) is 0 Å².